The number of nitrogens with two attached hydrogens (primary N) is 1. The predicted molar refractivity (Wildman–Crippen MR) is 96.8 cm³/mol. The van der Waals surface area contributed by atoms with Crippen molar-refractivity contribution in [2.45, 2.75) is 32.0 Å². The zero-order valence-electron chi connectivity index (χ0n) is 15.3. The molecule has 2 fully saturated rings. The van der Waals surface area contributed by atoms with Gasteiger partial charge in [-0.1, -0.05) is 0 Å². The molecule has 1 amide bonds. The molecule has 2 atom stereocenters. The third-order valence-corrected chi connectivity index (χ3v) is 5.22. The largest absolute Gasteiger partial charge is 0.364 e. The first kappa shape index (κ1) is 17.2. The highest BCUT2D eigenvalue weighted by molar-refractivity contribution is 5.87. The number of anilines is 1. The van der Waals surface area contributed by atoms with Crippen molar-refractivity contribution < 1.29 is 9.53 Å². The number of piperazine rings is 1. The summed E-state index contributed by atoms with van der Waals surface area (Å²) in [6.07, 6.45) is 3.13. The SMILES string of the molecule is Cc1nc(N2CCN(C(=O)[C@@H]3CC[C@H](CN)O3)CC2)c2cnn(C)c2n1. The number of aromatic nitrogens is 4. The summed E-state index contributed by atoms with van der Waals surface area (Å²) in [5.74, 6) is 1.71. The van der Waals surface area contributed by atoms with Crippen molar-refractivity contribution in [3.63, 3.8) is 0 Å². The van der Waals surface area contributed by atoms with Crippen LogP contribution in [-0.4, -0.2) is 75.5 Å². The van der Waals surface area contributed by atoms with Crippen molar-refractivity contribution in [3.05, 3.63) is 12.0 Å². The molecule has 0 bridgehead atoms. The lowest BCUT2D eigenvalue weighted by Gasteiger charge is -2.36. The summed E-state index contributed by atoms with van der Waals surface area (Å²) >= 11 is 0. The van der Waals surface area contributed by atoms with Gasteiger partial charge < -0.3 is 20.3 Å². The Morgan fingerprint density at radius 2 is 2.04 bits per heavy atom. The molecule has 2 N–H and O–H groups in total. The smallest absolute Gasteiger partial charge is 0.251 e. The van der Waals surface area contributed by atoms with Gasteiger partial charge >= 0.3 is 0 Å². The number of ether oxygens (including phenoxy) is 1. The average molecular weight is 359 g/mol. The van der Waals surface area contributed by atoms with Crippen LogP contribution in [0.5, 0.6) is 0 Å². The van der Waals surface area contributed by atoms with Crippen LogP contribution in [0.3, 0.4) is 0 Å². The van der Waals surface area contributed by atoms with Gasteiger partial charge in [0.15, 0.2) is 5.65 Å². The van der Waals surface area contributed by atoms with Crippen LogP contribution in [0.1, 0.15) is 18.7 Å². The van der Waals surface area contributed by atoms with E-state index >= 15 is 0 Å². The first-order valence-electron chi connectivity index (χ1n) is 9.12. The molecule has 0 saturated carbocycles. The Morgan fingerprint density at radius 1 is 1.27 bits per heavy atom. The minimum Gasteiger partial charge on any atom is -0.364 e. The van der Waals surface area contributed by atoms with Crippen molar-refractivity contribution in [2.75, 3.05) is 37.6 Å². The molecule has 2 aromatic heterocycles. The molecule has 2 aliphatic rings. The summed E-state index contributed by atoms with van der Waals surface area (Å²) in [5, 5.41) is 5.25. The van der Waals surface area contributed by atoms with Crippen molar-refractivity contribution in [3.8, 4) is 0 Å². The summed E-state index contributed by atoms with van der Waals surface area (Å²) in [6.45, 7) is 5.17. The minimum absolute atomic E-state index is 0.0214. The second-order valence-electron chi connectivity index (χ2n) is 6.97. The van der Waals surface area contributed by atoms with Crippen molar-refractivity contribution in [1.82, 2.24) is 24.6 Å². The highest BCUT2D eigenvalue weighted by atomic mass is 16.5. The predicted octanol–water partition coefficient (Wildman–Crippen LogP) is -0.173. The number of amides is 1. The Hall–Kier alpha value is -2.26. The molecule has 4 rings (SSSR count). The zero-order chi connectivity index (χ0) is 18.3. The number of hydrogen-bond acceptors (Lipinski definition) is 7. The first-order chi connectivity index (χ1) is 12.6. The number of hydrogen-bond donors (Lipinski definition) is 1. The van der Waals surface area contributed by atoms with Gasteiger partial charge in [-0.3, -0.25) is 9.48 Å². The molecule has 4 heterocycles. The molecule has 9 nitrogen and oxygen atoms in total. The van der Waals surface area contributed by atoms with E-state index in [0.29, 0.717) is 19.6 Å². The summed E-state index contributed by atoms with van der Waals surface area (Å²) < 4.78 is 7.51. The second-order valence-corrected chi connectivity index (χ2v) is 6.97. The van der Waals surface area contributed by atoms with Crippen LogP contribution in [0.2, 0.25) is 0 Å². The van der Waals surface area contributed by atoms with E-state index in [9.17, 15) is 4.79 Å². The summed E-state index contributed by atoms with van der Waals surface area (Å²) in [4.78, 5) is 25.9. The highest BCUT2D eigenvalue weighted by Crippen LogP contribution is 2.25. The fraction of sp³-hybridized carbons (Fsp3) is 0.647. The summed E-state index contributed by atoms with van der Waals surface area (Å²) in [5.41, 5.74) is 6.47. The molecule has 0 aromatic carbocycles. The van der Waals surface area contributed by atoms with Gasteiger partial charge in [0.2, 0.25) is 0 Å². The van der Waals surface area contributed by atoms with E-state index in [0.717, 1.165) is 48.6 Å². The summed E-state index contributed by atoms with van der Waals surface area (Å²) in [7, 11) is 1.88. The molecule has 2 saturated heterocycles. The van der Waals surface area contributed by atoms with Crippen LogP contribution in [0.4, 0.5) is 5.82 Å². The standard InChI is InChI=1S/C17H25N7O2/c1-11-20-15-13(10-19-22(15)2)16(21-11)23-5-7-24(8-6-23)17(25)14-4-3-12(9-18)26-14/h10,12,14H,3-9,18H2,1-2H3/t12-,14+/m1/s1. The van der Waals surface area contributed by atoms with Gasteiger partial charge in [0.1, 0.15) is 17.7 Å². The third-order valence-electron chi connectivity index (χ3n) is 5.22. The first-order valence-corrected chi connectivity index (χ1v) is 9.12. The van der Waals surface area contributed by atoms with Gasteiger partial charge in [-0.15, -0.1) is 0 Å². The van der Waals surface area contributed by atoms with Crippen LogP contribution in [0, 0.1) is 6.92 Å². The van der Waals surface area contributed by atoms with Gasteiger partial charge in [0, 0.05) is 39.8 Å². The van der Waals surface area contributed by atoms with E-state index in [1.165, 1.54) is 0 Å². The molecule has 140 valence electrons. The molecular weight excluding hydrogens is 334 g/mol. The van der Waals surface area contributed by atoms with Crippen LogP contribution < -0.4 is 10.6 Å². The van der Waals surface area contributed by atoms with Crippen LogP contribution in [0.15, 0.2) is 6.20 Å². The van der Waals surface area contributed by atoms with E-state index in [4.69, 9.17) is 10.5 Å². The van der Waals surface area contributed by atoms with E-state index in [1.807, 2.05) is 18.9 Å². The highest BCUT2D eigenvalue weighted by Gasteiger charge is 2.34. The van der Waals surface area contributed by atoms with Crippen molar-refractivity contribution in [2.24, 2.45) is 12.8 Å². The molecule has 0 spiro atoms. The normalized spacial score (nSPS) is 23.8. The van der Waals surface area contributed by atoms with Crippen molar-refractivity contribution >= 4 is 22.8 Å². The lowest BCUT2D eigenvalue weighted by molar-refractivity contribution is -0.143. The Kier molecular flexibility index (Phi) is 4.49. The lowest BCUT2D eigenvalue weighted by atomic mass is 10.1. The fourth-order valence-electron chi connectivity index (χ4n) is 3.76. The molecule has 26 heavy (non-hydrogen) atoms. The fourth-order valence-corrected chi connectivity index (χ4v) is 3.76. The number of nitrogens with zero attached hydrogens (tertiary/aromatic N) is 6. The number of aryl methyl sites for hydroxylation is 2. The molecule has 2 aliphatic heterocycles. The lowest BCUT2D eigenvalue weighted by Crippen LogP contribution is -2.51. The topological polar surface area (TPSA) is 102 Å². The second kappa shape index (κ2) is 6.81. The summed E-state index contributed by atoms with van der Waals surface area (Å²) in [6, 6.07) is 0. The van der Waals surface area contributed by atoms with Gasteiger partial charge in [-0.2, -0.15) is 5.10 Å². The third kappa shape index (κ3) is 3.01. The van der Waals surface area contributed by atoms with Gasteiger partial charge in [0.05, 0.1) is 17.7 Å². The Bertz CT molecular complexity index is 813. The number of rotatable bonds is 3. The van der Waals surface area contributed by atoms with Crippen molar-refractivity contribution in [1.29, 1.82) is 0 Å². The van der Waals surface area contributed by atoms with Crippen LogP contribution >= 0.6 is 0 Å². The quantitative estimate of drug-likeness (QED) is 0.811. The van der Waals surface area contributed by atoms with Gasteiger partial charge in [0.25, 0.3) is 5.91 Å². The maximum Gasteiger partial charge on any atom is 0.251 e. The number of fused-ring (bicyclic) bond motifs is 1. The maximum absolute atomic E-state index is 12.7. The van der Waals surface area contributed by atoms with E-state index in [-0.39, 0.29) is 18.1 Å². The van der Waals surface area contributed by atoms with Gasteiger partial charge in [-0.25, -0.2) is 9.97 Å². The Balaban J connectivity index is 1.45. The van der Waals surface area contributed by atoms with E-state index in [2.05, 4.69) is 20.0 Å². The van der Waals surface area contributed by atoms with E-state index < -0.39 is 0 Å². The van der Waals surface area contributed by atoms with Crippen LogP contribution in [-0.2, 0) is 16.6 Å². The number of carbonyl (C=O) groups is 1. The monoisotopic (exact) mass is 359 g/mol. The molecule has 9 heteroatoms. The molecular formula is C17H25N7O2. The minimum atomic E-state index is -0.332. The van der Waals surface area contributed by atoms with Gasteiger partial charge in [-0.05, 0) is 19.8 Å². The number of carbonyl (C=O) groups excluding carboxylic acids is 1. The Morgan fingerprint density at radius 3 is 2.73 bits per heavy atom. The Labute approximate surface area is 152 Å². The maximum atomic E-state index is 12.7. The molecule has 0 aliphatic carbocycles. The van der Waals surface area contributed by atoms with E-state index in [1.54, 1.807) is 10.9 Å². The molecule has 2 aromatic rings. The molecule has 0 unspecified atom stereocenters. The molecule has 0 radical (unpaired) electrons. The average Bonchev–Trinajstić information content (AvgIpc) is 3.28. The zero-order valence-corrected chi connectivity index (χ0v) is 15.3. The van der Waals surface area contributed by atoms with Crippen LogP contribution in [0.25, 0.3) is 11.0 Å².